The molecule has 0 saturated carbocycles. The number of aryl methyl sites for hydroxylation is 2. The zero-order valence-electron chi connectivity index (χ0n) is 11.1. The normalized spacial score (nSPS) is 12.8. The Kier molecular flexibility index (Phi) is 4.43. The maximum absolute atomic E-state index is 4.38. The van der Waals surface area contributed by atoms with Crippen molar-refractivity contribution < 1.29 is 0 Å². The molecule has 0 spiro atoms. The van der Waals surface area contributed by atoms with Crippen LogP contribution in [0, 0.1) is 0 Å². The third-order valence-corrected chi connectivity index (χ3v) is 3.74. The lowest BCUT2D eigenvalue weighted by atomic mass is 10.1. The maximum Gasteiger partial charge on any atom is 0.0804 e. The summed E-state index contributed by atoms with van der Waals surface area (Å²) in [6, 6.07) is 0.144. The fraction of sp³-hybridized carbons (Fsp3) is 0.583. The summed E-state index contributed by atoms with van der Waals surface area (Å²) < 4.78 is 6.04. The molecule has 0 saturated heterocycles. The summed E-state index contributed by atoms with van der Waals surface area (Å²) in [5.41, 5.74) is 2.24. The van der Waals surface area contributed by atoms with E-state index in [2.05, 4.69) is 40.0 Å². The second kappa shape index (κ2) is 6.06. The van der Waals surface area contributed by atoms with Crippen molar-refractivity contribution in [2.75, 3.05) is 7.05 Å². The van der Waals surface area contributed by atoms with Gasteiger partial charge in [-0.2, -0.15) is 5.10 Å². The van der Waals surface area contributed by atoms with Gasteiger partial charge in [0.1, 0.15) is 0 Å². The van der Waals surface area contributed by atoms with Crippen LogP contribution in [0.3, 0.4) is 0 Å². The topological polar surface area (TPSA) is 55.6 Å². The van der Waals surface area contributed by atoms with Crippen molar-refractivity contribution in [3.05, 3.63) is 28.5 Å². The van der Waals surface area contributed by atoms with E-state index in [1.165, 1.54) is 22.0 Å². The zero-order valence-corrected chi connectivity index (χ0v) is 11.9. The van der Waals surface area contributed by atoms with Gasteiger partial charge in [0.2, 0.25) is 0 Å². The van der Waals surface area contributed by atoms with Crippen molar-refractivity contribution in [3.63, 3.8) is 0 Å². The van der Waals surface area contributed by atoms with Gasteiger partial charge >= 0.3 is 0 Å². The lowest BCUT2D eigenvalue weighted by molar-refractivity contribution is 0.600. The van der Waals surface area contributed by atoms with Crippen molar-refractivity contribution >= 4 is 11.5 Å². The lowest BCUT2D eigenvalue weighted by Gasteiger charge is -2.12. The number of nitrogens with one attached hydrogen (secondary N) is 1. The van der Waals surface area contributed by atoms with Gasteiger partial charge in [-0.1, -0.05) is 18.3 Å². The summed E-state index contributed by atoms with van der Waals surface area (Å²) in [7, 11) is 1.96. The first kappa shape index (κ1) is 13.2. The summed E-state index contributed by atoms with van der Waals surface area (Å²) in [5, 5.41) is 11.9. The molecular weight excluding hydrogens is 246 g/mol. The minimum Gasteiger partial charge on any atom is -0.308 e. The summed E-state index contributed by atoms with van der Waals surface area (Å²) >= 11 is 1.46. The molecule has 1 N–H and O–H groups in total. The molecule has 0 aliphatic heterocycles. The highest BCUT2D eigenvalue weighted by molar-refractivity contribution is 7.05. The van der Waals surface area contributed by atoms with Crippen molar-refractivity contribution in [2.45, 2.75) is 39.3 Å². The van der Waals surface area contributed by atoms with Crippen LogP contribution in [0.15, 0.2) is 12.4 Å². The van der Waals surface area contributed by atoms with Gasteiger partial charge in [0.25, 0.3) is 0 Å². The Morgan fingerprint density at radius 1 is 1.44 bits per heavy atom. The Bertz CT molecular complexity index is 490. The minimum absolute atomic E-state index is 0.144. The van der Waals surface area contributed by atoms with Crippen molar-refractivity contribution in [1.29, 1.82) is 0 Å². The molecule has 0 aromatic carbocycles. The van der Waals surface area contributed by atoms with Gasteiger partial charge in [-0.25, -0.2) is 0 Å². The lowest BCUT2D eigenvalue weighted by Crippen LogP contribution is -2.17. The number of hydrogen-bond donors (Lipinski definition) is 1. The van der Waals surface area contributed by atoms with Gasteiger partial charge < -0.3 is 5.32 Å². The minimum atomic E-state index is 0.144. The van der Waals surface area contributed by atoms with Crippen molar-refractivity contribution in [2.24, 2.45) is 0 Å². The van der Waals surface area contributed by atoms with Crippen LogP contribution >= 0.6 is 11.5 Å². The Labute approximate surface area is 111 Å². The fourth-order valence-electron chi connectivity index (χ4n) is 2.01. The van der Waals surface area contributed by atoms with E-state index in [-0.39, 0.29) is 6.04 Å². The van der Waals surface area contributed by atoms with E-state index in [9.17, 15) is 0 Å². The Balaban J connectivity index is 2.27. The molecule has 0 aliphatic rings. The van der Waals surface area contributed by atoms with Gasteiger partial charge in [0.05, 0.1) is 22.8 Å². The van der Waals surface area contributed by atoms with Crippen LogP contribution < -0.4 is 5.32 Å². The van der Waals surface area contributed by atoms with E-state index >= 15 is 0 Å². The molecule has 18 heavy (non-hydrogen) atoms. The molecular formula is C12H19N5S. The van der Waals surface area contributed by atoms with Crippen molar-refractivity contribution in [1.82, 2.24) is 24.7 Å². The van der Waals surface area contributed by atoms with Crippen LogP contribution in [0.1, 0.15) is 42.4 Å². The van der Waals surface area contributed by atoms with Gasteiger partial charge in [-0.15, -0.1) is 5.10 Å². The fourth-order valence-corrected chi connectivity index (χ4v) is 2.89. The van der Waals surface area contributed by atoms with Gasteiger partial charge in [-0.05, 0) is 31.4 Å². The third kappa shape index (κ3) is 2.59. The largest absolute Gasteiger partial charge is 0.308 e. The molecule has 1 unspecified atom stereocenters. The quantitative estimate of drug-likeness (QED) is 0.868. The third-order valence-electron chi connectivity index (χ3n) is 2.91. The molecule has 0 amide bonds. The van der Waals surface area contributed by atoms with Gasteiger partial charge in [0, 0.05) is 18.3 Å². The maximum atomic E-state index is 4.38. The standard InChI is InChI=1S/C12H19N5S/c1-4-6-17-8-9(7-14-17)11(13-3)12-10(5-2)15-16-18-12/h7-8,11,13H,4-6H2,1-3H3. The van der Waals surface area contributed by atoms with Crippen LogP contribution in [0.2, 0.25) is 0 Å². The van der Waals surface area contributed by atoms with Crippen LogP contribution in [0.4, 0.5) is 0 Å². The van der Waals surface area contributed by atoms with Gasteiger partial charge in [0.15, 0.2) is 0 Å². The number of rotatable bonds is 6. The molecule has 2 rings (SSSR count). The Morgan fingerprint density at radius 3 is 2.94 bits per heavy atom. The molecule has 98 valence electrons. The average molecular weight is 265 g/mol. The van der Waals surface area contributed by atoms with Crippen LogP contribution in [0.25, 0.3) is 0 Å². The van der Waals surface area contributed by atoms with Gasteiger partial charge in [-0.3, -0.25) is 4.68 Å². The van der Waals surface area contributed by atoms with Crippen LogP contribution in [0.5, 0.6) is 0 Å². The van der Waals surface area contributed by atoms with E-state index in [4.69, 9.17) is 0 Å². The van der Waals surface area contributed by atoms with E-state index in [0.29, 0.717) is 0 Å². The predicted octanol–water partition coefficient (Wildman–Crippen LogP) is 2.02. The highest BCUT2D eigenvalue weighted by Crippen LogP contribution is 2.26. The molecule has 0 aliphatic carbocycles. The SMILES string of the molecule is CCCn1cc(C(NC)c2snnc2CC)cn1. The predicted molar refractivity (Wildman–Crippen MR) is 72.7 cm³/mol. The van der Waals surface area contributed by atoms with E-state index in [1.807, 2.05) is 17.9 Å². The second-order valence-electron chi connectivity index (χ2n) is 4.20. The Morgan fingerprint density at radius 2 is 2.28 bits per heavy atom. The first-order chi connectivity index (χ1) is 8.80. The van der Waals surface area contributed by atoms with E-state index in [1.54, 1.807) is 0 Å². The molecule has 0 radical (unpaired) electrons. The first-order valence-electron chi connectivity index (χ1n) is 6.30. The number of aromatic nitrogens is 4. The monoisotopic (exact) mass is 265 g/mol. The molecule has 2 heterocycles. The van der Waals surface area contributed by atoms with E-state index in [0.717, 1.165) is 25.1 Å². The van der Waals surface area contributed by atoms with Crippen LogP contribution in [-0.2, 0) is 13.0 Å². The smallest absolute Gasteiger partial charge is 0.0804 e. The number of nitrogens with zero attached hydrogens (tertiary/aromatic N) is 4. The first-order valence-corrected chi connectivity index (χ1v) is 7.08. The zero-order chi connectivity index (χ0) is 13.0. The molecule has 6 heteroatoms. The molecule has 2 aromatic heterocycles. The molecule has 0 bridgehead atoms. The second-order valence-corrected chi connectivity index (χ2v) is 4.98. The molecule has 1 atom stereocenters. The molecule has 0 fully saturated rings. The summed E-state index contributed by atoms with van der Waals surface area (Å²) in [6.45, 7) is 5.21. The molecule has 2 aromatic rings. The summed E-state index contributed by atoms with van der Waals surface area (Å²) in [6.07, 6.45) is 6.03. The Hall–Kier alpha value is -1.27. The highest BCUT2D eigenvalue weighted by atomic mass is 32.1. The number of hydrogen-bond acceptors (Lipinski definition) is 5. The summed E-state index contributed by atoms with van der Waals surface area (Å²) in [5.74, 6) is 0. The average Bonchev–Trinajstić information content (AvgIpc) is 3.00. The molecule has 5 nitrogen and oxygen atoms in total. The van der Waals surface area contributed by atoms with Crippen LogP contribution in [-0.4, -0.2) is 26.4 Å². The van der Waals surface area contributed by atoms with Crippen molar-refractivity contribution in [3.8, 4) is 0 Å². The van der Waals surface area contributed by atoms with E-state index < -0.39 is 0 Å². The highest BCUT2D eigenvalue weighted by Gasteiger charge is 2.20. The summed E-state index contributed by atoms with van der Waals surface area (Å²) in [4.78, 5) is 1.19.